The second-order valence-corrected chi connectivity index (χ2v) is 5.48. The van der Waals surface area contributed by atoms with Crippen molar-refractivity contribution in [3.8, 4) is 11.3 Å². The molecule has 126 valence electrons. The molecule has 6 nitrogen and oxygen atoms in total. The molecule has 0 fully saturated rings. The van der Waals surface area contributed by atoms with Gasteiger partial charge in [-0.2, -0.15) is 15.2 Å². The van der Waals surface area contributed by atoms with Gasteiger partial charge in [0.2, 0.25) is 5.72 Å². The minimum absolute atomic E-state index is 0.119. The molecule has 0 aliphatic carbocycles. The van der Waals surface area contributed by atoms with E-state index in [0.717, 1.165) is 0 Å². The third-order valence-electron chi connectivity index (χ3n) is 3.64. The van der Waals surface area contributed by atoms with Crippen LogP contribution >= 0.6 is 0 Å². The van der Waals surface area contributed by atoms with Crippen molar-refractivity contribution in [2.24, 2.45) is 5.10 Å². The molecule has 1 aromatic heterocycles. The number of hydrogen-bond acceptors (Lipinski definition) is 4. The molecule has 24 heavy (non-hydrogen) atoms. The number of carbonyl (C=O) groups excluding carboxylic acids is 1. The largest absolute Gasteiger partial charge is 0.364 e. The van der Waals surface area contributed by atoms with E-state index in [1.807, 2.05) is 0 Å². The number of rotatable bonds is 3. The quantitative estimate of drug-likeness (QED) is 0.902. The van der Waals surface area contributed by atoms with E-state index in [1.165, 1.54) is 37.3 Å². The molecule has 1 aromatic carbocycles. The second-order valence-electron chi connectivity index (χ2n) is 5.48. The van der Waals surface area contributed by atoms with Crippen LogP contribution in [0.25, 0.3) is 11.3 Å². The Bertz CT molecular complexity index is 803. The van der Waals surface area contributed by atoms with Crippen molar-refractivity contribution in [1.29, 1.82) is 0 Å². The molecule has 2 N–H and O–H groups in total. The Kier molecular flexibility index (Phi) is 3.88. The third kappa shape index (κ3) is 2.67. The molecular weight excluding hydrogens is 325 g/mol. The summed E-state index contributed by atoms with van der Waals surface area (Å²) in [6.45, 7) is 1.44. The summed E-state index contributed by atoms with van der Waals surface area (Å²) in [4.78, 5) is 12.4. The topological polar surface area (TPSA) is 81.6 Å². The molecule has 1 atom stereocenters. The van der Waals surface area contributed by atoms with E-state index in [9.17, 15) is 23.1 Å². The first kappa shape index (κ1) is 16.2. The molecule has 3 rings (SSSR count). The number of aromatic amines is 1. The number of nitrogens with zero attached hydrogens (tertiary/aromatic N) is 3. The predicted octanol–water partition coefficient (Wildman–Crippen LogP) is 2.39. The third-order valence-corrected chi connectivity index (χ3v) is 3.64. The average Bonchev–Trinajstić information content (AvgIpc) is 3.13. The number of aromatic nitrogens is 2. The molecule has 2 aromatic rings. The van der Waals surface area contributed by atoms with Gasteiger partial charge < -0.3 is 5.11 Å². The molecule has 9 heteroatoms. The van der Waals surface area contributed by atoms with E-state index in [-0.39, 0.29) is 11.4 Å². The van der Waals surface area contributed by atoms with Crippen LogP contribution in [0.5, 0.6) is 0 Å². The molecule has 1 amide bonds. The summed E-state index contributed by atoms with van der Waals surface area (Å²) in [7, 11) is 0. The highest BCUT2D eigenvalue weighted by Gasteiger charge is 2.51. The van der Waals surface area contributed by atoms with Crippen molar-refractivity contribution in [1.82, 2.24) is 15.2 Å². The van der Waals surface area contributed by atoms with Gasteiger partial charge in [-0.25, -0.2) is 13.2 Å². The number of amides is 1. The van der Waals surface area contributed by atoms with Crippen molar-refractivity contribution in [3.63, 3.8) is 0 Å². The first-order chi connectivity index (χ1) is 11.3. The fraction of sp³-hybridized carbons (Fsp3) is 0.267. The summed E-state index contributed by atoms with van der Waals surface area (Å²) in [5, 5.41) is 20.5. The zero-order valence-corrected chi connectivity index (χ0v) is 12.5. The molecule has 0 unspecified atom stereocenters. The van der Waals surface area contributed by atoms with Gasteiger partial charge in [0.05, 0.1) is 5.69 Å². The molecule has 0 spiro atoms. The summed E-state index contributed by atoms with van der Waals surface area (Å²) in [5.41, 5.74) is -1.71. The first-order valence-electron chi connectivity index (χ1n) is 7.02. The minimum Gasteiger partial charge on any atom is -0.364 e. The minimum atomic E-state index is -3.18. The number of benzene rings is 1. The highest BCUT2D eigenvalue weighted by Crippen LogP contribution is 2.32. The number of hydrazone groups is 1. The normalized spacial score (nSPS) is 20.6. The summed E-state index contributed by atoms with van der Waals surface area (Å²) in [6, 6.07) is 6.72. The molecule has 2 heterocycles. The van der Waals surface area contributed by atoms with Crippen LogP contribution in [0.2, 0.25) is 0 Å². The number of carbonyl (C=O) groups is 1. The van der Waals surface area contributed by atoms with Crippen LogP contribution < -0.4 is 0 Å². The van der Waals surface area contributed by atoms with Gasteiger partial charge in [0.25, 0.3) is 12.3 Å². The second kappa shape index (κ2) is 5.75. The van der Waals surface area contributed by atoms with Crippen LogP contribution in [0.4, 0.5) is 13.2 Å². The lowest BCUT2D eigenvalue weighted by Gasteiger charge is -2.29. The van der Waals surface area contributed by atoms with Gasteiger partial charge in [0.1, 0.15) is 11.5 Å². The van der Waals surface area contributed by atoms with Gasteiger partial charge in [0.15, 0.2) is 0 Å². The summed E-state index contributed by atoms with van der Waals surface area (Å²) in [6.07, 6.45) is -3.61. The Morgan fingerprint density at radius 3 is 2.67 bits per heavy atom. The van der Waals surface area contributed by atoms with Gasteiger partial charge in [0, 0.05) is 17.7 Å². The van der Waals surface area contributed by atoms with Crippen LogP contribution in [-0.4, -0.2) is 44.1 Å². The molecule has 0 saturated heterocycles. The van der Waals surface area contributed by atoms with E-state index < -0.39 is 30.3 Å². The summed E-state index contributed by atoms with van der Waals surface area (Å²) < 4.78 is 39.2. The Balaban J connectivity index is 1.89. The highest BCUT2D eigenvalue weighted by atomic mass is 19.3. The van der Waals surface area contributed by atoms with Gasteiger partial charge in [-0.3, -0.25) is 9.89 Å². The van der Waals surface area contributed by atoms with E-state index in [0.29, 0.717) is 16.3 Å². The average molecular weight is 338 g/mol. The van der Waals surface area contributed by atoms with Crippen LogP contribution in [0, 0.1) is 5.82 Å². The maximum atomic E-state index is 13.2. The maximum Gasteiger partial charge on any atom is 0.294 e. The molecular formula is C15H13F3N4O2. The molecule has 0 radical (unpaired) electrons. The van der Waals surface area contributed by atoms with Gasteiger partial charge in [-0.1, -0.05) is 0 Å². The number of hydrogen-bond donors (Lipinski definition) is 2. The number of alkyl halides is 2. The Morgan fingerprint density at radius 2 is 2.04 bits per heavy atom. The van der Waals surface area contributed by atoms with Crippen LogP contribution in [0.15, 0.2) is 35.4 Å². The lowest BCUT2D eigenvalue weighted by Crippen LogP contribution is -2.51. The molecule has 0 saturated carbocycles. The van der Waals surface area contributed by atoms with Crippen LogP contribution in [-0.2, 0) is 0 Å². The SMILES string of the molecule is CC1=NN(C(=O)c2cc(-c3ccc(F)cc3)n[nH]2)[C@@](O)(C(F)F)C1. The lowest BCUT2D eigenvalue weighted by atomic mass is 10.1. The van der Waals surface area contributed by atoms with Gasteiger partial charge >= 0.3 is 0 Å². The van der Waals surface area contributed by atoms with Crippen LogP contribution in [0.3, 0.4) is 0 Å². The van der Waals surface area contributed by atoms with E-state index in [4.69, 9.17) is 0 Å². The van der Waals surface area contributed by atoms with E-state index in [2.05, 4.69) is 15.3 Å². The number of H-pyrrole nitrogens is 1. The van der Waals surface area contributed by atoms with Crippen molar-refractivity contribution < 1.29 is 23.1 Å². The van der Waals surface area contributed by atoms with Gasteiger partial charge in [-0.05, 0) is 37.3 Å². The zero-order chi connectivity index (χ0) is 17.5. The van der Waals surface area contributed by atoms with Crippen molar-refractivity contribution in [2.45, 2.75) is 25.5 Å². The zero-order valence-electron chi connectivity index (χ0n) is 12.5. The molecule has 1 aliphatic rings. The lowest BCUT2D eigenvalue weighted by molar-refractivity contribution is -0.164. The fourth-order valence-electron chi connectivity index (χ4n) is 2.45. The van der Waals surface area contributed by atoms with Crippen molar-refractivity contribution >= 4 is 11.6 Å². The number of halogens is 3. The summed E-state index contributed by atoms with van der Waals surface area (Å²) in [5.74, 6) is -1.36. The van der Waals surface area contributed by atoms with Crippen molar-refractivity contribution in [2.75, 3.05) is 0 Å². The smallest absolute Gasteiger partial charge is 0.294 e. The maximum absolute atomic E-state index is 13.2. The molecule has 1 aliphatic heterocycles. The first-order valence-corrected chi connectivity index (χ1v) is 7.02. The van der Waals surface area contributed by atoms with E-state index >= 15 is 0 Å². The Morgan fingerprint density at radius 1 is 1.38 bits per heavy atom. The molecule has 0 bridgehead atoms. The Labute approximate surface area is 134 Å². The van der Waals surface area contributed by atoms with E-state index in [1.54, 1.807) is 0 Å². The highest BCUT2D eigenvalue weighted by molar-refractivity contribution is 5.97. The van der Waals surface area contributed by atoms with Crippen molar-refractivity contribution in [3.05, 3.63) is 41.8 Å². The standard InChI is InChI=1S/C15H13F3N4O2/c1-8-7-15(24,14(17)18)22(21-8)13(23)12-6-11(19-20-12)9-2-4-10(16)5-3-9/h2-6,14,24H,7H2,1H3,(H,19,20)/t15-/m0/s1. The van der Waals surface area contributed by atoms with Crippen LogP contribution in [0.1, 0.15) is 23.8 Å². The summed E-state index contributed by atoms with van der Waals surface area (Å²) >= 11 is 0. The number of nitrogens with one attached hydrogen (secondary N) is 1. The monoisotopic (exact) mass is 338 g/mol. The van der Waals surface area contributed by atoms with Gasteiger partial charge in [-0.15, -0.1) is 0 Å². The predicted molar refractivity (Wildman–Crippen MR) is 78.8 cm³/mol. The fourth-order valence-corrected chi connectivity index (χ4v) is 2.45. The number of aliphatic hydroxyl groups is 1. The Hall–Kier alpha value is -2.68.